The molecule has 0 aliphatic carbocycles. The number of hydrogen-bond acceptors (Lipinski definition) is 2. The number of carbonyl (C=O) groups excluding carboxylic acids is 1. The Kier molecular flexibility index (Phi) is 2.38. The zero-order valence-electron chi connectivity index (χ0n) is 8.33. The molecular formula is C12H12OS. The fourth-order valence-electron chi connectivity index (χ4n) is 1.73. The highest BCUT2D eigenvalue weighted by Crippen LogP contribution is 2.31. The third-order valence-electron chi connectivity index (χ3n) is 2.37. The quantitative estimate of drug-likeness (QED) is 0.682. The number of Topliss-reactive ketones (excluding diaryl/α,β-unsaturated/α-hetero) is 1. The van der Waals surface area contributed by atoms with Crippen LogP contribution in [0.25, 0.3) is 10.1 Å². The number of fused-ring (bicyclic) bond motifs is 1. The lowest BCUT2D eigenvalue weighted by molar-refractivity contribution is 0.102. The van der Waals surface area contributed by atoms with Crippen LogP contribution in [0.15, 0.2) is 24.3 Å². The summed E-state index contributed by atoms with van der Waals surface area (Å²) in [4.78, 5) is 12.3. The lowest BCUT2D eigenvalue weighted by Crippen LogP contribution is -1.92. The first-order valence-electron chi connectivity index (χ1n) is 4.75. The zero-order chi connectivity index (χ0) is 10.1. The second-order valence-electron chi connectivity index (χ2n) is 3.32. The molecule has 72 valence electrons. The Hall–Kier alpha value is -1.15. The van der Waals surface area contributed by atoms with Gasteiger partial charge in [-0.1, -0.05) is 25.1 Å². The highest BCUT2D eigenvalue weighted by Gasteiger charge is 2.12. The molecule has 2 aromatic rings. The van der Waals surface area contributed by atoms with E-state index in [9.17, 15) is 4.79 Å². The van der Waals surface area contributed by atoms with Gasteiger partial charge in [0.05, 0.1) is 4.88 Å². The van der Waals surface area contributed by atoms with Crippen LogP contribution in [-0.4, -0.2) is 5.78 Å². The Morgan fingerprint density at radius 1 is 1.36 bits per heavy atom. The van der Waals surface area contributed by atoms with Gasteiger partial charge in [-0.15, -0.1) is 11.3 Å². The van der Waals surface area contributed by atoms with Crippen LogP contribution in [0.2, 0.25) is 0 Å². The van der Waals surface area contributed by atoms with Crippen molar-refractivity contribution in [3.63, 3.8) is 0 Å². The van der Waals surface area contributed by atoms with E-state index in [2.05, 4.69) is 19.1 Å². The maximum atomic E-state index is 11.4. The van der Waals surface area contributed by atoms with Crippen LogP contribution >= 0.6 is 11.3 Å². The Bertz CT molecular complexity index is 482. The van der Waals surface area contributed by atoms with Crippen LogP contribution in [0, 0.1) is 0 Å². The summed E-state index contributed by atoms with van der Waals surface area (Å²) in [6.07, 6.45) is 0.929. The second kappa shape index (κ2) is 3.54. The van der Waals surface area contributed by atoms with Crippen LogP contribution in [0.4, 0.5) is 0 Å². The van der Waals surface area contributed by atoms with Crippen LogP contribution in [0.1, 0.15) is 29.1 Å². The number of benzene rings is 1. The van der Waals surface area contributed by atoms with E-state index in [1.54, 1.807) is 18.3 Å². The number of ketones is 1. The van der Waals surface area contributed by atoms with Gasteiger partial charge >= 0.3 is 0 Å². The van der Waals surface area contributed by atoms with Crippen molar-refractivity contribution in [3.05, 3.63) is 34.7 Å². The molecule has 1 aromatic heterocycles. The van der Waals surface area contributed by atoms with Crippen LogP contribution in [-0.2, 0) is 6.42 Å². The summed E-state index contributed by atoms with van der Waals surface area (Å²) in [7, 11) is 0. The summed E-state index contributed by atoms with van der Waals surface area (Å²) < 4.78 is 1.22. The minimum Gasteiger partial charge on any atom is -0.294 e. The van der Waals surface area contributed by atoms with E-state index in [0.29, 0.717) is 0 Å². The van der Waals surface area contributed by atoms with Crippen molar-refractivity contribution in [1.29, 1.82) is 0 Å². The number of rotatable bonds is 2. The predicted octanol–water partition coefficient (Wildman–Crippen LogP) is 3.67. The zero-order valence-corrected chi connectivity index (χ0v) is 9.15. The molecule has 0 fully saturated rings. The Morgan fingerprint density at radius 2 is 2.07 bits per heavy atom. The van der Waals surface area contributed by atoms with E-state index >= 15 is 0 Å². The van der Waals surface area contributed by atoms with Gasteiger partial charge in [0.1, 0.15) is 0 Å². The second-order valence-corrected chi connectivity index (χ2v) is 4.37. The van der Waals surface area contributed by atoms with E-state index in [1.807, 2.05) is 12.1 Å². The highest BCUT2D eigenvalue weighted by atomic mass is 32.1. The molecule has 2 heteroatoms. The molecule has 0 spiro atoms. The molecule has 0 aliphatic rings. The summed E-state index contributed by atoms with van der Waals surface area (Å²) in [5.74, 6) is 0.183. The van der Waals surface area contributed by atoms with Crippen LogP contribution in [0.3, 0.4) is 0 Å². The fraction of sp³-hybridized carbons (Fsp3) is 0.250. The summed E-state index contributed by atoms with van der Waals surface area (Å²) in [5.41, 5.74) is 1.21. The van der Waals surface area contributed by atoms with E-state index in [-0.39, 0.29) is 5.78 Å². The van der Waals surface area contributed by atoms with Gasteiger partial charge in [-0.25, -0.2) is 0 Å². The van der Waals surface area contributed by atoms with Crippen molar-refractivity contribution in [1.82, 2.24) is 0 Å². The molecule has 1 aromatic carbocycles. The summed E-state index contributed by atoms with van der Waals surface area (Å²) in [6, 6.07) is 8.21. The molecule has 0 saturated carbocycles. The monoisotopic (exact) mass is 204 g/mol. The minimum atomic E-state index is 0.183. The molecule has 0 atom stereocenters. The topological polar surface area (TPSA) is 17.1 Å². The molecule has 0 aliphatic heterocycles. The normalized spacial score (nSPS) is 10.7. The molecular weight excluding hydrogens is 192 g/mol. The highest BCUT2D eigenvalue weighted by molar-refractivity contribution is 7.21. The van der Waals surface area contributed by atoms with Gasteiger partial charge < -0.3 is 0 Å². The molecule has 1 heterocycles. The van der Waals surface area contributed by atoms with Crippen molar-refractivity contribution in [2.24, 2.45) is 0 Å². The third-order valence-corrected chi connectivity index (χ3v) is 3.69. The number of hydrogen-bond donors (Lipinski definition) is 0. The molecule has 1 nitrogen and oxygen atoms in total. The van der Waals surface area contributed by atoms with Crippen molar-refractivity contribution in [2.75, 3.05) is 0 Å². The van der Waals surface area contributed by atoms with E-state index < -0.39 is 0 Å². The smallest absolute Gasteiger partial charge is 0.170 e. The molecule has 0 radical (unpaired) electrons. The summed E-state index contributed by atoms with van der Waals surface area (Å²) in [6.45, 7) is 3.74. The van der Waals surface area contributed by atoms with Crippen molar-refractivity contribution < 1.29 is 4.79 Å². The van der Waals surface area contributed by atoms with Gasteiger partial charge in [0.25, 0.3) is 0 Å². The summed E-state index contributed by atoms with van der Waals surface area (Å²) in [5, 5.41) is 1.24. The Labute approximate surface area is 87.4 Å². The Balaban J connectivity index is 2.78. The van der Waals surface area contributed by atoms with E-state index in [1.165, 1.54) is 15.6 Å². The largest absolute Gasteiger partial charge is 0.294 e. The van der Waals surface area contributed by atoms with E-state index in [0.717, 1.165) is 11.3 Å². The maximum Gasteiger partial charge on any atom is 0.170 e. The lowest BCUT2D eigenvalue weighted by Gasteiger charge is -1.96. The third kappa shape index (κ3) is 1.36. The van der Waals surface area contributed by atoms with Gasteiger partial charge in [-0.3, -0.25) is 4.79 Å². The van der Waals surface area contributed by atoms with Crippen LogP contribution < -0.4 is 0 Å². The van der Waals surface area contributed by atoms with Crippen molar-refractivity contribution in [3.8, 4) is 0 Å². The van der Waals surface area contributed by atoms with Crippen LogP contribution in [0.5, 0.6) is 0 Å². The van der Waals surface area contributed by atoms with Gasteiger partial charge in [-0.05, 0) is 30.4 Å². The first-order chi connectivity index (χ1) is 6.74. The molecule has 0 N–H and O–H groups in total. The standard InChI is InChI=1S/C12H12OS/c1-3-9-10-6-4-5-7-11(10)14-12(9)8(2)13/h4-7H,3H2,1-2H3. The predicted molar refractivity (Wildman–Crippen MR) is 61.2 cm³/mol. The molecule has 2 rings (SSSR count). The van der Waals surface area contributed by atoms with Crippen molar-refractivity contribution in [2.45, 2.75) is 20.3 Å². The molecule has 0 unspecified atom stereocenters. The summed E-state index contributed by atoms with van der Waals surface area (Å²) >= 11 is 1.61. The van der Waals surface area contributed by atoms with Gasteiger partial charge in [0, 0.05) is 4.70 Å². The number of aryl methyl sites for hydroxylation is 1. The Morgan fingerprint density at radius 3 is 2.71 bits per heavy atom. The molecule has 0 saturated heterocycles. The fourth-order valence-corrected chi connectivity index (χ4v) is 2.92. The van der Waals surface area contributed by atoms with Gasteiger partial charge in [0.15, 0.2) is 5.78 Å². The minimum absolute atomic E-state index is 0.183. The lowest BCUT2D eigenvalue weighted by atomic mass is 10.1. The first-order valence-corrected chi connectivity index (χ1v) is 5.57. The average molecular weight is 204 g/mol. The number of thiophene rings is 1. The number of carbonyl (C=O) groups is 1. The molecule has 14 heavy (non-hydrogen) atoms. The maximum absolute atomic E-state index is 11.4. The van der Waals surface area contributed by atoms with E-state index in [4.69, 9.17) is 0 Å². The van der Waals surface area contributed by atoms with Gasteiger partial charge in [0.2, 0.25) is 0 Å². The first kappa shape index (κ1) is 9.41. The molecule has 0 amide bonds. The van der Waals surface area contributed by atoms with Crippen molar-refractivity contribution >= 4 is 27.2 Å². The SMILES string of the molecule is CCc1c(C(C)=O)sc2ccccc12. The average Bonchev–Trinajstić information content (AvgIpc) is 2.56. The molecule has 0 bridgehead atoms. The van der Waals surface area contributed by atoms with Gasteiger partial charge in [-0.2, -0.15) is 0 Å².